The van der Waals surface area contributed by atoms with Crippen LogP contribution in [0, 0.1) is 19.7 Å². The maximum absolute atomic E-state index is 13.5. The molecule has 2 N–H and O–H groups in total. The molecule has 2 aromatic heterocycles. The van der Waals surface area contributed by atoms with Crippen LogP contribution in [0.3, 0.4) is 0 Å². The molecule has 4 heteroatoms. The lowest BCUT2D eigenvalue weighted by molar-refractivity contribution is 0.617. The van der Waals surface area contributed by atoms with Crippen molar-refractivity contribution in [1.82, 2.24) is 9.38 Å². The van der Waals surface area contributed by atoms with E-state index in [9.17, 15) is 4.39 Å². The van der Waals surface area contributed by atoms with E-state index in [1.165, 1.54) is 17.8 Å². The van der Waals surface area contributed by atoms with Gasteiger partial charge in [0.2, 0.25) is 0 Å². The average molecular weight is 283 g/mol. The van der Waals surface area contributed by atoms with Gasteiger partial charge in [-0.15, -0.1) is 0 Å². The number of rotatable bonds is 3. The number of benzene rings is 1. The van der Waals surface area contributed by atoms with Gasteiger partial charge in [0.1, 0.15) is 11.5 Å². The predicted molar refractivity (Wildman–Crippen MR) is 82.8 cm³/mol. The van der Waals surface area contributed by atoms with Gasteiger partial charge in [0, 0.05) is 18.2 Å². The summed E-state index contributed by atoms with van der Waals surface area (Å²) in [7, 11) is 0. The molecule has 0 aliphatic rings. The van der Waals surface area contributed by atoms with E-state index < -0.39 is 0 Å². The number of fused-ring (bicyclic) bond motifs is 1. The van der Waals surface area contributed by atoms with E-state index in [2.05, 4.69) is 37.0 Å². The third-order valence-electron chi connectivity index (χ3n) is 3.71. The summed E-state index contributed by atoms with van der Waals surface area (Å²) >= 11 is 0. The van der Waals surface area contributed by atoms with Crippen molar-refractivity contribution in [2.75, 3.05) is 6.54 Å². The first-order valence-electron chi connectivity index (χ1n) is 7.04. The van der Waals surface area contributed by atoms with Gasteiger partial charge >= 0.3 is 0 Å². The zero-order valence-corrected chi connectivity index (χ0v) is 12.2. The number of nitrogens with two attached hydrogens (primary N) is 1. The zero-order chi connectivity index (χ0) is 15.0. The van der Waals surface area contributed by atoms with Crippen molar-refractivity contribution in [3.05, 3.63) is 59.2 Å². The van der Waals surface area contributed by atoms with Crippen molar-refractivity contribution in [3.8, 4) is 11.3 Å². The second-order valence-corrected chi connectivity index (χ2v) is 5.34. The molecule has 1 aromatic carbocycles. The number of aromatic nitrogens is 2. The van der Waals surface area contributed by atoms with Crippen LogP contribution in [0.25, 0.3) is 16.9 Å². The quantitative estimate of drug-likeness (QED) is 0.801. The minimum absolute atomic E-state index is 0.273. The van der Waals surface area contributed by atoms with Crippen LogP contribution in [0.4, 0.5) is 4.39 Å². The Balaban J connectivity index is 2.30. The molecule has 0 spiro atoms. The second-order valence-electron chi connectivity index (χ2n) is 5.34. The van der Waals surface area contributed by atoms with Gasteiger partial charge in [-0.1, -0.05) is 17.7 Å². The van der Waals surface area contributed by atoms with Gasteiger partial charge in [0.25, 0.3) is 0 Å². The number of hydrogen-bond acceptors (Lipinski definition) is 2. The van der Waals surface area contributed by atoms with E-state index in [1.54, 1.807) is 10.5 Å². The molecule has 0 atom stereocenters. The second kappa shape index (κ2) is 5.30. The van der Waals surface area contributed by atoms with Crippen molar-refractivity contribution in [2.24, 2.45) is 5.73 Å². The van der Waals surface area contributed by atoms with Gasteiger partial charge in [-0.2, -0.15) is 0 Å². The van der Waals surface area contributed by atoms with Crippen LogP contribution in [-0.2, 0) is 6.42 Å². The summed E-state index contributed by atoms with van der Waals surface area (Å²) in [5.41, 5.74) is 11.7. The molecule has 0 fully saturated rings. The smallest absolute Gasteiger partial charge is 0.139 e. The Hall–Kier alpha value is -2.20. The van der Waals surface area contributed by atoms with E-state index in [0.717, 1.165) is 28.2 Å². The first kappa shape index (κ1) is 13.8. The predicted octanol–water partition coefficient (Wildman–Crippen LogP) is 3.26. The topological polar surface area (TPSA) is 43.3 Å². The van der Waals surface area contributed by atoms with Crippen LogP contribution in [0.5, 0.6) is 0 Å². The maximum Gasteiger partial charge on any atom is 0.139 e. The van der Waals surface area contributed by atoms with Gasteiger partial charge in [0.05, 0.1) is 11.4 Å². The minimum atomic E-state index is -0.273. The lowest BCUT2D eigenvalue weighted by Gasteiger charge is -2.08. The molecule has 3 nitrogen and oxygen atoms in total. The number of aryl methyl sites for hydroxylation is 2. The maximum atomic E-state index is 13.5. The molecular weight excluding hydrogens is 265 g/mol. The first-order chi connectivity index (χ1) is 10.1. The largest absolute Gasteiger partial charge is 0.330 e. The van der Waals surface area contributed by atoms with Crippen LogP contribution in [-0.4, -0.2) is 15.9 Å². The lowest BCUT2D eigenvalue weighted by Crippen LogP contribution is -2.06. The number of hydrogen-bond donors (Lipinski definition) is 1. The van der Waals surface area contributed by atoms with Gasteiger partial charge in [-0.05, 0) is 44.2 Å². The minimum Gasteiger partial charge on any atom is -0.330 e. The van der Waals surface area contributed by atoms with Crippen LogP contribution in [0.2, 0.25) is 0 Å². The number of imidazole rings is 1. The van der Waals surface area contributed by atoms with Crippen molar-refractivity contribution in [3.63, 3.8) is 0 Å². The highest BCUT2D eigenvalue weighted by atomic mass is 19.1. The highest BCUT2D eigenvalue weighted by Crippen LogP contribution is 2.28. The Morgan fingerprint density at radius 2 is 2.00 bits per heavy atom. The summed E-state index contributed by atoms with van der Waals surface area (Å²) < 4.78 is 15.3. The van der Waals surface area contributed by atoms with Crippen LogP contribution in [0.1, 0.15) is 16.8 Å². The van der Waals surface area contributed by atoms with Crippen molar-refractivity contribution < 1.29 is 4.39 Å². The summed E-state index contributed by atoms with van der Waals surface area (Å²) in [6.45, 7) is 4.62. The monoisotopic (exact) mass is 283 g/mol. The van der Waals surface area contributed by atoms with E-state index in [1.807, 2.05) is 0 Å². The van der Waals surface area contributed by atoms with E-state index in [0.29, 0.717) is 13.0 Å². The van der Waals surface area contributed by atoms with E-state index in [4.69, 9.17) is 5.73 Å². The highest BCUT2D eigenvalue weighted by Gasteiger charge is 2.15. The first-order valence-corrected chi connectivity index (χ1v) is 7.04. The van der Waals surface area contributed by atoms with Gasteiger partial charge in [0.15, 0.2) is 0 Å². The molecular formula is C17H18FN3. The van der Waals surface area contributed by atoms with Crippen LogP contribution < -0.4 is 5.73 Å². The summed E-state index contributed by atoms with van der Waals surface area (Å²) in [6.07, 6.45) is 2.13. The molecule has 3 aromatic rings. The van der Waals surface area contributed by atoms with Crippen molar-refractivity contribution in [1.29, 1.82) is 0 Å². The fourth-order valence-electron chi connectivity index (χ4n) is 2.65. The molecule has 0 radical (unpaired) electrons. The Bertz CT molecular complexity index is 805. The average Bonchev–Trinajstić information content (AvgIpc) is 2.80. The number of nitrogens with zero attached hydrogens (tertiary/aromatic N) is 2. The summed E-state index contributed by atoms with van der Waals surface area (Å²) in [4.78, 5) is 4.69. The molecule has 21 heavy (non-hydrogen) atoms. The highest BCUT2D eigenvalue weighted by molar-refractivity contribution is 5.70. The summed E-state index contributed by atoms with van der Waals surface area (Å²) in [6, 6.07) is 9.41. The number of halogens is 1. The van der Waals surface area contributed by atoms with E-state index >= 15 is 0 Å². The molecule has 0 saturated heterocycles. The van der Waals surface area contributed by atoms with Gasteiger partial charge < -0.3 is 10.1 Å². The Morgan fingerprint density at radius 1 is 1.19 bits per heavy atom. The standard InChI is InChI=1S/C17H18FN3/c1-11-3-4-12(2)14(9-11)17-15(7-8-19)21-10-13(18)5-6-16(21)20-17/h3-6,9-10H,7-8,19H2,1-2H3. The molecule has 0 unspecified atom stereocenters. The summed E-state index contributed by atoms with van der Waals surface area (Å²) in [5.74, 6) is -0.273. The summed E-state index contributed by atoms with van der Waals surface area (Å²) in [5, 5.41) is 0. The zero-order valence-electron chi connectivity index (χ0n) is 12.2. The third-order valence-corrected chi connectivity index (χ3v) is 3.71. The molecule has 0 bridgehead atoms. The molecule has 0 amide bonds. The molecule has 0 saturated carbocycles. The van der Waals surface area contributed by atoms with Gasteiger partial charge in [-0.25, -0.2) is 9.37 Å². The van der Waals surface area contributed by atoms with Crippen molar-refractivity contribution in [2.45, 2.75) is 20.3 Å². The fraction of sp³-hybridized carbons (Fsp3) is 0.235. The molecule has 0 aliphatic carbocycles. The Labute approximate surface area is 123 Å². The fourth-order valence-corrected chi connectivity index (χ4v) is 2.65. The third kappa shape index (κ3) is 2.43. The molecule has 3 rings (SSSR count). The lowest BCUT2D eigenvalue weighted by atomic mass is 10.0. The van der Waals surface area contributed by atoms with Crippen LogP contribution in [0.15, 0.2) is 36.5 Å². The number of pyridine rings is 1. The van der Waals surface area contributed by atoms with Crippen LogP contribution >= 0.6 is 0 Å². The Morgan fingerprint density at radius 3 is 2.76 bits per heavy atom. The molecule has 0 aliphatic heterocycles. The van der Waals surface area contributed by atoms with Crippen molar-refractivity contribution >= 4 is 5.65 Å². The molecule has 2 heterocycles. The Kier molecular flexibility index (Phi) is 3.47. The normalized spacial score (nSPS) is 11.2. The molecule has 108 valence electrons. The SMILES string of the molecule is Cc1ccc(C)c(-c2nc3ccc(F)cn3c2CCN)c1. The van der Waals surface area contributed by atoms with Gasteiger partial charge in [-0.3, -0.25) is 0 Å². The van der Waals surface area contributed by atoms with E-state index in [-0.39, 0.29) is 5.82 Å².